The average molecular weight is 335 g/mol. The number of hydrogen-bond donors (Lipinski definition) is 1. The second-order valence-electron chi connectivity index (χ2n) is 6.16. The molecule has 0 amide bonds. The maximum atomic E-state index is 11.4. The monoisotopic (exact) mass is 334 g/mol. The van der Waals surface area contributed by atoms with Gasteiger partial charge in [-0.05, 0) is 44.6 Å². The summed E-state index contributed by atoms with van der Waals surface area (Å²) in [5.74, 6) is -2.33. The number of carbonyl (C=O) groups is 2. The minimum absolute atomic E-state index is 0.381. The van der Waals surface area contributed by atoms with Crippen molar-refractivity contribution in [3.8, 4) is 0 Å². The molecule has 0 aromatic heterocycles. The molecular formula is C21H34O3. The van der Waals surface area contributed by atoms with Crippen LogP contribution >= 0.6 is 0 Å². The summed E-state index contributed by atoms with van der Waals surface area (Å²) in [6, 6.07) is 0. The Labute approximate surface area is 147 Å². The Morgan fingerprint density at radius 3 is 2.04 bits per heavy atom. The molecule has 1 N–H and O–H groups in total. The summed E-state index contributed by atoms with van der Waals surface area (Å²) < 4.78 is 0. The summed E-state index contributed by atoms with van der Waals surface area (Å²) in [5.41, 5.74) is 0. The maximum absolute atomic E-state index is 11.4. The molecular weight excluding hydrogens is 300 g/mol. The highest BCUT2D eigenvalue weighted by molar-refractivity contribution is 6.03. The molecule has 0 saturated carbocycles. The quantitative estimate of drug-likeness (QED) is 0.166. The van der Waals surface area contributed by atoms with E-state index in [-0.39, 0.29) is 5.78 Å². The van der Waals surface area contributed by atoms with Crippen LogP contribution in [0.5, 0.6) is 0 Å². The molecule has 0 bridgehead atoms. The van der Waals surface area contributed by atoms with Gasteiger partial charge in [0.2, 0.25) is 0 Å². The van der Waals surface area contributed by atoms with Crippen LogP contribution in [0.4, 0.5) is 0 Å². The highest BCUT2D eigenvalue weighted by Crippen LogP contribution is 2.14. The van der Waals surface area contributed by atoms with Crippen LogP contribution in [0.15, 0.2) is 37.0 Å². The van der Waals surface area contributed by atoms with Gasteiger partial charge in [0.1, 0.15) is 5.92 Å². The fourth-order valence-electron chi connectivity index (χ4n) is 2.51. The van der Waals surface area contributed by atoms with Gasteiger partial charge in [0.05, 0.1) is 0 Å². The van der Waals surface area contributed by atoms with Crippen LogP contribution in [-0.4, -0.2) is 16.9 Å². The van der Waals surface area contributed by atoms with E-state index < -0.39 is 11.9 Å². The second-order valence-corrected chi connectivity index (χ2v) is 6.16. The van der Waals surface area contributed by atoms with Gasteiger partial charge in [-0.2, -0.15) is 0 Å². The SMILES string of the molecule is C=CC(=O)C(CCCCCC/C=C\C/C=C\CCCCC)C(=O)O. The van der Waals surface area contributed by atoms with Gasteiger partial charge in [-0.15, -0.1) is 0 Å². The topological polar surface area (TPSA) is 54.4 Å². The van der Waals surface area contributed by atoms with E-state index in [1.54, 1.807) is 0 Å². The highest BCUT2D eigenvalue weighted by atomic mass is 16.4. The molecule has 0 spiro atoms. The summed E-state index contributed by atoms with van der Waals surface area (Å²) in [5, 5.41) is 9.00. The lowest BCUT2D eigenvalue weighted by Gasteiger charge is -2.08. The van der Waals surface area contributed by atoms with Crippen LogP contribution in [0.25, 0.3) is 0 Å². The smallest absolute Gasteiger partial charge is 0.314 e. The Morgan fingerprint density at radius 2 is 1.50 bits per heavy atom. The largest absolute Gasteiger partial charge is 0.481 e. The molecule has 3 nitrogen and oxygen atoms in total. The zero-order valence-corrected chi connectivity index (χ0v) is 15.2. The normalized spacial score (nSPS) is 12.7. The summed E-state index contributed by atoms with van der Waals surface area (Å²) in [7, 11) is 0. The predicted octanol–water partition coefficient (Wildman–Crippen LogP) is 5.87. The van der Waals surface area contributed by atoms with Crippen LogP contribution in [-0.2, 0) is 9.59 Å². The zero-order valence-electron chi connectivity index (χ0n) is 15.2. The third-order valence-electron chi connectivity index (χ3n) is 4.04. The zero-order chi connectivity index (χ0) is 18.0. The molecule has 0 rings (SSSR count). The van der Waals surface area contributed by atoms with Crippen molar-refractivity contribution in [1.29, 1.82) is 0 Å². The van der Waals surface area contributed by atoms with Crippen molar-refractivity contribution in [2.24, 2.45) is 5.92 Å². The molecule has 1 unspecified atom stereocenters. The Morgan fingerprint density at radius 1 is 0.917 bits per heavy atom. The maximum Gasteiger partial charge on any atom is 0.314 e. The van der Waals surface area contributed by atoms with Gasteiger partial charge >= 0.3 is 5.97 Å². The summed E-state index contributed by atoms with van der Waals surface area (Å²) in [6.07, 6.45) is 21.5. The third kappa shape index (κ3) is 12.9. The Balaban J connectivity index is 3.56. The molecule has 0 aromatic rings. The lowest BCUT2D eigenvalue weighted by molar-refractivity contribution is -0.145. The van der Waals surface area contributed by atoms with Crippen LogP contribution in [0.3, 0.4) is 0 Å². The van der Waals surface area contributed by atoms with Gasteiger partial charge < -0.3 is 5.11 Å². The first-order valence-corrected chi connectivity index (χ1v) is 9.32. The Bertz CT molecular complexity index is 407. The van der Waals surface area contributed by atoms with E-state index in [2.05, 4.69) is 37.8 Å². The highest BCUT2D eigenvalue weighted by Gasteiger charge is 2.22. The van der Waals surface area contributed by atoms with Crippen LogP contribution in [0.2, 0.25) is 0 Å². The van der Waals surface area contributed by atoms with E-state index >= 15 is 0 Å². The Hall–Kier alpha value is -1.64. The molecule has 1 atom stereocenters. The van der Waals surface area contributed by atoms with Crippen LogP contribution < -0.4 is 0 Å². The van der Waals surface area contributed by atoms with Crippen molar-refractivity contribution < 1.29 is 14.7 Å². The standard InChI is InChI=1S/C21H34O3/c1-3-5-6-7-8-9-10-11-12-13-14-15-16-17-18-19(21(23)24)20(22)4-2/h4,8-9,11-12,19H,2-3,5-7,10,13-18H2,1H3,(H,23,24)/b9-8-,12-11-. The van der Waals surface area contributed by atoms with Gasteiger partial charge in [0, 0.05) is 0 Å². The number of rotatable bonds is 16. The molecule has 24 heavy (non-hydrogen) atoms. The van der Waals surface area contributed by atoms with Gasteiger partial charge in [0.15, 0.2) is 5.78 Å². The molecule has 0 radical (unpaired) electrons. The summed E-state index contributed by atoms with van der Waals surface area (Å²) in [4.78, 5) is 22.4. The number of aliphatic carboxylic acids is 1. The first-order valence-electron chi connectivity index (χ1n) is 9.32. The summed E-state index contributed by atoms with van der Waals surface area (Å²) >= 11 is 0. The molecule has 0 aromatic carbocycles. The molecule has 0 aliphatic rings. The fraction of sp³-hybridized carbons (Fsp3) is 0.619. The first-order chi connectivity index (χ1) is 11.6. The number of allylic oxidation sites excluding steroid dienone is 5. The molecule has 0 heterocycles. The van der Waals surface area contributed by atoms with Crippen molar-refractivity contribution >= 4 is 11.8 Å². The number of hydrogen-bond acceptors (Lipinski definition) is 2. The lowest BCUT2D eigenvalue weighted by Crippen LogP contribution is -2.21. The fourth-order valence-corrected chi connectivity index (χ4v) is 2.51. The lowest BCUT2D eigenvalue weighted by atomic mass is 9.96. The molecule has 3 heteroatoms. The number of carbonyl (C=O) groups excluding carboxylic acids is 1. The summed E-state index contributed by atoms with van der Waals surface area (Å²) in [6.45, 7) is 5.58. The van der Waals surface area contributed by atoms with E-state index in [0.29, 0.717) is 6.42 Å². The first kappa shape index (κ1) is 22.4. The number of carboxylic acids is 1. The van der Waals surface area contributed by atoms with Gasteiger partial charge in [-0.25, -0.2) is 0 Å². The minimum Gasteiger partial charge on any atom is -0.481 e. The minimum atomic E-state index is -1.04. The van der Waals surface area contributed by atoms with E-state index in [4.69, 9.17) is 5.11 Å². The van der Waals surface area contributed by atoms with E-state index in [1.165, 1.54) is 25.7 Å². The molecule has 136 valence electrons. The predicted molar refractivity (Wildman–Crippen MR) is 101 cm³/mol. The van der Waals surface area contributed by atoms with Crippen LogP contribution in [0, 0.1) is 5.92 Å². The molecule has 0 aliphatic heterocycles. The van der Waals surface area contributed by atoms with E-state index in [9.17, 15) is 9.59 Å². The van der Waals surface area contributed by atoms with Crippen molar-refractivity contribution in [2.45, 2.75) is 77.6 Å². The van der Waals surface area contributed by atoms with Gasteiger partial charge in [-0.3, -0.25) is 9.59 Å². The third-order valence-corrected chi connectivity index (χ3v) is 4.04. The van der Waals surface area contributed by atoms with Gasteiger partial charge in [-0.1, -0.05) is 69.9 Å². The van der Waals surface area contributed by atoms with E-state index in [1.807, 2.05) is 0 Å². The van der Waals surface area contributed by atoms with Crippen molar-refractivity contribution in [3.05, 3.63) is 37.0 Å². The average Bonchev–Trinajstić information content (AvgIpc) is 2.57. The number of unbranched alkanes of at least 4 members (excludes halogenated alkanes) is 7. The Kier molecular flexibility index (Phi) is 15.1. The van der Waals surface area contributed by atoms with Crippen LogP contribution in [0.1, 0.15) is 77.6 Å². The van der Waals surface area contributed by atoms with E-state index in [0.717, 1.165) is 44.6 Å². The van der Waals surface area contributed by atoms with Crippen molar-refractivity contribution in [1.82, 2.24) is 0 Å². The van der Waals surface area contributed by atoms with Crippen molar-refractivity contribution in [2.75, 3.05) is 0 Å². The second kappa shape index (κ2) is 16.2. The molecule has 0 fully saturated rings. The van der Waals surface area contributed by atoms with Crippen molar-refractivity contribution in [3.63, 3.8) is 0 Å². The number of ketones is 1. The molecule has 0 aliphatic carbocycles. The number of carboxylic acid groups (broad SMARTS) is 1. The molecule has 0 saturated heterocycles. The van der Waals surface area contributed by atoms with Gasteiger partial charge in [0.25, 0.3) is 0 Å².